The van der Waals surface area contributed by atoms with Crippen molar-refractivity contribution in [3.63, 3.8) is 0 Å². The van der Waals surface area contributed by atoms with Crippen molar-refractivity contribution in [1.82, 2.24) is 0 Å². The van der Waals surface area contributed by atoms with Crippen molar-refractivity contribution in [2.24, 2.45) is 5.73 Å². The zero-order valence-corrected chi connectivity index (χ0v) is 11.7. The largest absolute Gasteiger partial charge is 0.349 e. The molecule has 1 unspecified atom stereocenters. The van der Waals surface area contributed by atoms with E-state index in [1.165, 1.54) is 5.56 Å². The minimum atomic E-state index is -0.266. The fourth-order valence-electron chi connectivity index (χ4n) is 1.86. The van der Waals surface area contributed by atoms with Crippen LogP contribution in [0.2, 0.25) is 0 Å². The average molecular weight is 251 g/mol. The minimum absolute atomic E-state index is 0.220. The lowest BCUT2D eigenvalue weighted by molar-refractivity contribution is -0.140. The quantitative estimate of drug-likeness (QED) is 0.722. The van der Waals surface area contributed by atoms with E-state index in [4.69, 9.17) is 15.2 Å². The van der Waals surface area contributed by atoms with Crippen molar-refractivity contribution in [3.8, 4) is 0 Å². The van der Waals surface area contributed by atoms with Gasteiger partial charge in [-0.25, -0.2) is 0 Å². The first-order valence-corrected chi connectivity index (χ1v) is 6.78. The van der Waals surface area contributed by atoms with Crippen LogP contribution in [0.1, 0.15) is 44.6 Å². The molecule has 0 fully saturated rings. The van der Waals surface area contributed by atoms with Crippen molar-refractivity contribution in [2.75, 3.05) is 13.2 Å². The van der Waals surface area contributed by atoms with Gasteiger partial charge in [0, 0.05) is 24.8 Å². The fourth-order valence-corrected chi connectivity index (χ4v) is 1.86. The Morgan fingerprint density at radius 1 is 1.11 bits per heavy atom. The number of hydrogen-bond acceptors (Lipinski definition) is 3. The molecule has 1 aromatic carbocycles. The highest BCUT2D eigenvalue weighted by molar-refractivity contribution is 5.25. The molecule has 0 saturated heterocycles. The molecule has 3 nitrogen and oxygen atoms in total. The fraction of sp³-hybridized carbons (Fsp3) is 0.600. The predicted octanol–water partition coefficient (Wildman–Crippen LogP) is 3.04. The zero-order valence-electron chi connectivity index (χ0n) is 11.7. The second kappa shape index (κ2) is 8.25. The molecule has 0 heterocycles. The Bertz CT molecular complexity index is 335. The van der Waals surface area contributed by atoms with Crippen LogP contribution in [0.15, 0.2) is 24.3 Å². The summed E-state index contributed by atoms with van der Waals surface area (Å²) in [7, 11) is 0. The molecule has 18 heavy (non-hydrogen) atoms. The van der Waals surface area contributed by atoms with Crippen LogP contribution in [-0.4, -0.2) is 19.3 Å². The van der Waals surface area contributed by atoms with E-state index in [0.29, 0.717) is 13.2 Å². The van der Waals surface area contributed by atoms with Gasteiger partial charge in [-0.1, -0.05) is 31.2 Å². The first-order chi connectivity index (χ1) is 8.71. The van der Waals surface area contributed by atoms with Gasteiger partial charge in [0.05, 0.1) is 0 Å². The molecule has 0 amide bonds. The van der Waals surface area contributed by atoms with Gasteiger partial charge in [-0.15, -0.1) is 0 Å². The summed E-state index contributed by atoms with van der Waals surface area (Å²) in [6.07, 6.45) is 1.62. The third-order valence-electron chi connectivity index (χ3n) is 2.88. The second-order valence-corrected chi connectivity index (χ2v) is 4.36. The van der Waals surface area contributed by atoms with E-state index in [1.807, 2.05) is 26.0 Å². The molecule has 0 aliphatic carbocycles. The SMILES string of the molecule is CCOC(OCC)c1cccc(CC(N)CC)c1. The van der Waals surface area contributed by atoms with Crippen LogP contribution in [-0.2, 0) is 15.9 Å². The summed E-state index contributed by atoms with van der Waals surface area (Å²) in [6, 6.07) is 8.53. The third kappa shape index (κ3) is 4.77. The molecule has 0 radical (unpaired) electrons. The molecular weight excluding hydrogens is 226 g/mol. The molecule has 0 aliphatic rings. The van der Waals surface area contributed by atoms with E-state index in [1.54, 1.807) is 0 Å². The lowest BCUT2D eigenvalue weighted by Crippen LogP contribution is -2.21. The van der Waals surface area contributed by atoms with Crippen molar-refractivity contribution in [3.05, 3.63) is 35.4 Å². The summed E-state index contributed by atoms with van der Waals surface area (Å²) in [4.78, 5) is 0. The highest BCUT2D eigenvalue weighted by Crippen LogP contribution is 2.20. The molecule has 3 heteroatoms. The number of ether oxygens (including phenoxy) is 2. The highest BCUT2D eigenvalue weighted by atomic mass is 16.7. The first-order valence-electron chi connectivity index (χ1n) is 6.78. The topological polar surface area (TPSA) is 44.5 Å². The maximum absolute atomic E-state index is 5.99. The van der Waals surface area contributed by atoms with Crippen LogP contribution >= 0.6 is 0 Å². The van der Waals surface area contributed by atoms with E-state index >= 15 is 0 Å². The summed E-state index contributed by atoms with van der Waals surface area (Å²) in [5.41, 5.74) is 8.30. The second-order valence-electron chi connectivity index (χ2n) is 4.36. The lowest BCUT2D eigenvalue weighted by atomic mass is 10.0. The van der Waals surface area contributed by atoms with Gasteiger partial charge in [-0.3, -0.25) is 0 Å². The highest BCUT2D eigenvalue weighted by Gasteiger charge is 2.12. The van der Waals surface area contributed by atoms with Crippen molar-refractivity contribution in [2.45, 2.75) is 45.9 Å². The van der Waals surface area contributed by atoms with Gasteiger partial charge in [0.15, 0.2) is 6.29 Å². The van der Waals surface area contributed by atoms with Gasteiger partial charge in [0.25, 0.3) is 0 Å². The monoisotopic (exact) mass is 251 g/mol. The van der Waals surface area contributed by atoms with Gasteiger partial charge in [-0.05, 0) is 32.3 Å². The molecule has 0 spiro atoms. The maximum Gasteiger partial charge on any atom is 0.183 e. The normalized spacial score (nSPS) is 12.9. The Morgan fingerprint density at radius 3 is 2.33 bits per heavy atom. The Kier molecular flexibility index (Phi) is 6.94. The van der Waals surface area contributed by atoms with E-state index < -0.39 is 0 Å². The molecule has 0 bridgehead atoms. The van der Waals surface area contributed by atoms with Crippen molar-refractivity contribution in [1.29, 1.82) is 0 Å². The van der Waals surface area contributed by atoms with E-state index in [2.05, 4.69) is 19.1 Å². The molecule has 1 atom stereocenters. The van der Waals surface area contributed by atoms with Gasteiger partial charge in [-0.2, -0.15) is 0 Å². The average Bonchev–Trinajstić information content (AvgIpc) is 2.38. The number of nitrogens with two attached hydrogens (primary N) is 1. The summed E-state index contributed by atoms with van der Waals surface area (Å²) in [6.45, 7) is 7.34. The lowest BCUT2D eigenvalue weighted by Gasteiger charge is -2.18. The molecular formula is C15H25NO2. The molecule has 1 rings (SSSR count). The Morgan fingerprint density at radius 2 is 1.78 bits per heavy atom. The van der Waals surface area contributed by atoms with Crippen LogP contribution in [0.25, 0.3) is 0 Å². The molecule has 2 N–H and O–H groups in total. The van der Waals surface area contributed by atoms with E-state index in [9.17, 15) is 0 Å². The third-order valence-corrected chi connectivity index (χ3v) is 2.88. The molecule has 0 saturated carbocycles. The van der Waals surface area contributed by atoms with Crippen molar-refractivity contribution >= 4 is 0 Å². The smallest absolute Gasteiger partial charge is 0.183 e. The summed E-state index contributed by atoms with van der Waals surface area (Å²) in [5, 5.41) is 0. The molecule has 102 valence electrons. The summed E-state index contributed by atoms with van der Waals surface area (Å²) >= 11 is 0. The predicted molar refractivity (Wildman–Crippen MR) is 74.4 cm³/mol. The number of benzene rings is 1. The van der Waals surface area contributed by atoms with Gasteiger partial charge in [0.2, 0.25) is 0 Å². The van der Waals surface area contributed by atoms with Crippen molar-refractivity contribution < 1.29 is 9.47 Å². The van der Waals surface area contributed by atoms with Crippen LogP contribution in [0.5, 0.6) is 0 Å². The molecule has 0 aromatic heterocycles. The van der Waals surface area contributed by atoms with Gasteiger partial charge < -0.3 is 15.2 Å². The molecule has 0 aliphatic heterocycles. The van der Waals surface area contributed by atoms with Crippen LogP contribution in [0.3, 0.4) is 0 Å². The Labute approximate surface area is 110 Å². The standard InChI is InChI=1S/C15H25NO2/c1-4-14(16)11-12-8-7-9-13(10-12)15(17-5-2)18-6-3/h7-10,14-15H,4-6,11,16H2,1-3H3. The minimum Gasteiger partial charge on any atom is -0.349 e. The van der Waals surface area contributed by atoms with Crippen LogP contribution in [0.4, 0.5) is 0 Å². The molecule has 1 aromatic rings. The first kappa shape index (κ1) is 15.2. The maximum atomic E-state index is 5.99. The van der Waals surface area contributed by atoms with E-state index in [-0.39, 0.29) is 12.3 Å². The van der Waals surface area contributed by atoms with Gasteiger partial charge >= 0.3 is 0 Å². The van der Waals surface area contributed by atoms with Crippen LogP contribution in [0, 0.1) is 0 Å². The summed E-state index contributed by atoms with van der Waals surface area (Å²) in [5.74, 6) is 0. The number of rotatable bonds is 8. The van der Waals surface area contributed by atoms with Crippen LogP contribution < -0.4 is 5.73 Å². The Balaban J connectivity index is 2.77. The van der Waals surface area contributed by atoms with Gasteiger partial charge in [0.1, 0.15) is 0 Å². The Hall–Kier alpha value is -0.900. The summed E-state index contributed by atoms with van der Waals surface area (Å²) < 4.78 is 11.2. The zero-order chi connectivity index (χ0) is 13.4. The number of hydrogen-bond donors (Lipinski definition) is 1. The van der Waals surface area contributed by atoms with E-state index in [0.717, 1.165) is 18.4 Å².